The number of nitrogens with zero attached hydrogens (tertiary/aromatic N) is 2. The van der Waals surface area contributed by atoms with E-state index in [-0.39, 0.29) is 5.97 Å². The van der Waals surface area contributed by atoms with E-state index in [4.69, 9.17) is 4.74 Å². The number of carbonyl (C=O) groups excluding carboxylic acids is 1. The number of hydrogen-bond donors (Lipinski definition) is 1. The molecule has 5 nitrogen and oxygen atoms in total. The van der Waals surface area contributed by atoms with E-state index in [0.717, 1.165) is 30.5 Å². The minimum absolute atomic E-state index is 0.288. The van der Waals surface area contributed by atoms with E-state index in [1.807, 2.05) is 23.9 Å². The topological polar surface area (TPSA) is 46.5 Å². The van der Waals surface area contributed by atoms with Gasteiger partial charge in [-0.05, 0) is 25.1 Å². The van der Waals surface area contributed by atoms with Gasteiger partial charge in [0.05, 0.1) is 18.2 Å². The Balaban J connectivity index is 2.04. The van der Waals surface area contributed by atoms with Crippen molar-refractivity contribution in [2.75, 3.05) is 31.6 Å². The van der Waals surface area contributed by atoms with Gasteiger partial charge in [0.2, 0.25) is 0 Å². The average molecular weight is 287 g/mol. The minimum atomic E-state index is -0.288. The number of carbonyl (C=O) groups is 1. The summed E-state index contributed by atoms with van der Waals surface area (Å²) in [6.45, 7) is 5.23. The highest BCUT2D eigenvalue weighted by atomic mass is 16.5. The van der Waals surface area contributed by atoms with Gasteiger partial charge in [0, 0.05) is 50.0 Å². The fourth-order valence-corrected chi connectivity index (χ4v) is 3.05. The molecule has 0 unspecified atom stereocenters. The lowest BCUT2D eigenvalue weighted by Gasteiger charge is -2.36. The van der Waals surface area contributed by atoms with Crippen LogP contribution >= 0.6 is 0 Å². The quantitative estimate of drug-likeness (QED) is 0.855. The monoisotopic (exact) mass is 287 g/mol. The molecule has 21 heavy (non-hydrogen) atoms. The third-order valence-corrected chi connectivity index (χ3v) is 4.21. The Morgan fingerprint density at radius 3 is 2.95 bits per heavy atom. The van der Waals surface area contributed by atoms with Crippen LogP contribution in [0.3, 0.4) is 0 Å². The first-order chi connectivity index (χ1) is 10.1. The molecule has 1 aliphatic rings. The zero-order valence-corrected chi connectivity index (χ0v) is 12.7. The zero-order chi connectivity index (χ0) is 15.0. The van der Waals surface area contributed by atoms with Gasteiger partial charge in [-0.1, -0.05) is 0 Å². The highest BCUT2D eigenvalue weighted by Gasteiger charge is 2.20. The van der Waals surface area contributed by atoms with Crippen LogP contribution in [0.2, 0.25) is 0 Å². The zero-order valence-electron chi connectivity index (χ0n) is 12.7. The second-order valence-corrected chi connectivity index (χ2v) is 5.59. The van der Waals surface area contributed by atoms with Crippen LogP contribution in [0.5, 0.6) is 0 Å². The van der Waals surface area contributed by atoms with Crippen molar-refractivity contribution in [3.63, 3.8) is 0 Å². The van der Waals surface area contributed by atoms with E-state index >= 15 is 0 Å². The summed E-state index contributed by atoms with van der Waals surface area (Å²) in [5.74, 6) is -0.288. The standard InChI is InChI=1S/C16H21N3O2/c1-11-9-17-6-7-19(11)12-4-5-13-14(16(20)21-3)10-18(2)15(13)8-12/h4-5,8,10-11,17H,6-7,9H2,1-3H3/t11-/m1/s1. The van der Waals surface area contributed by atoms with Crippen molar-refractivity contribution in [1.82, 2.24) is 9.88 Å². The van der Waals surface area contributed by atoms with Gasteiger partial charge in [-0.2, -0.15) is 0 Å². The summed E-state index contributed by atoms with van der Waals surface area (Å²) in [5, 5.41) is 4.34. The number of nitrogens with one attached hydrogen (secondary N) is 1. The lowest BCUT2D eigenvalue weighted by Crippen LogP contribution is -2.49. The van der Waals surface area contributed by atoms with Gasteiger partial charge < -0.3 is 19.5 Å². The largest absolute Gasteiger partial charge is 0.465 e. The number of benzene rings is 1. The molecule has 2 aromatic rings. The van der Waals surface area contributed by atoms with Crippen molar-refractivity contribution in [2.24, 2.45) is 7.05 Å². The van der Waals surface area contributed by atoms with E-state index in [0.29, 0.717) is 11.6 Å². The van der Waals surface area contributed by atoms with Crippen molar-refractivity contribution in [3.8, 4) is 0 Å². The van der Waals surface area contributed by atoms with Crippen molar-refractivity contribution >= 4 is 22.6 Å². The molecule has 0 radical (unpaired) electrons. The molecule has 2 heterocycles. The molecule has 1 aromatic heterocycles. The summed E-state index contributed by atoms with van der Waals surface area (Å²) >= 11 is 0. The highest BCUT2D eigenvalue weighted by molar-refractivity contribution is 6.05. The number of methoxy groups -OCH3 is 1. The van der Waals surface area contributed by atoms with Gasteiger partial charge in [0.15, 0.2) is 0 Å². The molecule has 1 aromatic carbocycles. The Hall–Kier alpha value is -2.01. The maximum Gasteiger partial charge on any atom is 0.340 e. The molecule has 1 aliphatic heterocycles. The molecule has 0 aliphatic carbocycles. The van der Waals surface area contributed by atoms with Gasteiger partial charge in [0.25, 0.3) is 0 Å². The molecule has 0 bridgehead atoms. The number of rotatable bonds is 2. The fraction of sp³-hybridized carbons (Fsp3) is 0.438. The molecular weight excluding hydrogens is 266 g/mol. The van der Waals surface area contributed by atoms with Crippen LogP contribution < -0.4 is 10.2 Å². The molecule has 3 rings (SSSR count). The molecule has 0 spiro atoms. The Kier molecular flexibility index (Phi) is 3.59. The van der Waals surface area contributed by atoms with Crippen LogP contribution in [0, 0.1) is 0 Å². The smallest absolute Gasteiger partial charge is 0.340 e. The summed E-state index contributed by atoms with van der Waals surface area (Å²) < 4.78 is 6.83. The SMILES string of the molecule is COC(=O)c1cn(C)c2cc(N3CCNC[C@H]3C)ccc12. The van der Waals surface area contributed by atoms with Gasteiger partial charge in [0.1, 0.15) is 0 Å². The van der Waals surface area contributed by atoms with E-state index in [1.54, 1.807) is 0 Å². The van der Waals surface area contributed by atoms with Gasteiger partial charge in [-0.15, -0.1) is 0 Å². The molecule has 0 saturated carbocycles. The number of fused-ring (bicyclic) bond motifs is 1. The summed E-state index contributed by atoms with van der Waals surface area (Å²) in [7, 11) is 3.37. The third-order valence-electron chi connectivity index (χ3n) is 4.21. The van der Waals surface area contributed by atoms with Crippen molar-refractivity contribution in [2.45, 2.75) is 13.0 Å². The van der Waals surface area contributed by atoms with E-state index in [9.17, 15) is 4.79 Å². The van der Waals surface area contributed by atoms with E-state index in [2.05, 4.69) is 29.3 Å². The molecule has 1 N–H and O–H groups in total. The summed E-state index contributed by atoms with van der Waals surface area (Å²) in [4.78, 5) is 14.2. The van der Waals surface area contributed by atoms with E-state index < -0.39 is 0 Å². The lowest BCUT2D eigenvalue weighted by molar-refractivity contribution is 0.0603. The van der Waals surface area contributed by atoms with Crippen LogP contribution in [0.1, 0.15) is 17.3 Å². The van der Waals surface area contributed by atoms with Gasteiger partial charge >= 0.3 is 5.97 Å². The van der Waals surface area contributed by atoms with Crippen molar-refractivity contribution in [3.05, 3.63) is 30.0 Å². The second-order valence-electron chi connectivity index (χ2n) is 5.59. The number of hydrogen-bond acceptors (Lipinski definition) is 4. The summed E-state index contributed by atoms with van der Waals surface area (Å²) in [6, 6.07) is 6.74. The van der Waals surface area contributed by atoms with Crippen LogP contribution in [0.25, 0.3) is 10.9 Å². The van der Waals surface area contributed by atoms with Crippen LogP contribution in [-0.2, 0) is 11.8 Å². The summed E-state index contributed by atoms with van der Waals surface area (Å²) in [5.41, 5.74) is 2.88. The number of aryl methyl sites for hydroxylation is 1. The lowest BCUT2D eigenvalue weighted by atomic mass is 10.1. The average Bonchev–Trinajstić information content (AvgIpc) is 2.84. The maximum absolute atomic E-state index is 11.8. The third kappa shape index (κ3) is 2.38. The minimum Gasteiger partial charge on any atom is -0.465 e. The first-order valence-corrected chi connectivity index (χ1v) is 7.26. The van der Waals surface area contributed by atoms with Crippen LogP contribution in [0.15, 0.2) is 24.4 Å². The molecular formula is C16H21N3O2. The molecule has 1 saturated heterocycles. The Morgan fingerprint density at radius 1 is 1.43 bits per heavy atom. The number of piperazine rings is 1. The van der Waals surface area contributed by atoms with E-state index in [1.165, 1.54) is 12.8 Å². The molecule has 5 heteroatoms. The van der Waals surface area contributed by atoms with Crippen LogP contribution in [-0.4, -0.2) is 43.3 Å². The fourth-order valence-electron chi connectivity index (χ4n) is 3.05. The first-order valence-electron chi connectivity index (χ1n) is 7.26. The van der Waals surface area contributed by atoms with Gasteiger partial charge in [-0.25, -0.2) is 4.79 Å². The first kappa shape index (κ1) is 13.9. The molecule has 1 fully saturated rings. The molecule has 0 amide bonds. The van der Waals surface area contributed by atoms with Crippen LogP contribution in [0.4, 0.5) is 5.69 Å². The summed E-state index contributed by atoms with van der Waals surface area (Å²) in [6.07, 6.45) is 1.83. The molecule has 112 valence electrons. The number of esters is 1. The highest BCUT2D eigenvalue weighted by Crippen LogP contribution is 2.27. The normalized spacial score (nSPS) is 19.0. The molecule has 1 atom stereocenters. The predicted molar refractivity (Wildman–Crippen MR) is 83.9 cm³/mol. The Morgan fingerprint density at radius 2 is 2.24 bits per heavy atom. The van der Waals surface area contributed by atoms with Gasteiger partial charge in [-0.3, -0.25) is 0 Å². The van der Waals surface area contributed by atoms with Crippen molar-refractivity contribution < 1.29 is 9.53 Å². The maximum atomic E-state index is 11.8. The van der Waals surface area contributed by atoms with Crippen molar-refractivity contribution in [1.29, 1.82) is 0 Å². The predicted octanol–water partition coefficient (Wildman–Crippen LogP) is 1.76. The number of aromatic nitrogens is 1. The Labute approximate surface area is 124 Å². The Bertz CT molecular complexity index is 677. The number of ether oxygens (including phenoxy) is 1. The second kappa shape index (κ2) is 5.41. The number of anilines is 1.